The maximum atomic E-state index is 5.38. The van der Waals surface area contributed by atoms with E-state index in [-0.39, 0.29) is 0 Å². The van der Waals surface area contributed by atoms with Crippen LogP contribution in [-0.2, 0) is 13.1 Å². The smallest absolute Gasteiger partial charge is 0.151 e. The van der Waals surface area contributed by atoms with E-state index >= 15 is 0 Å². The highest BCUT2D eigenvalue weighted by Crippen LogP contribution is 2.24. The molecule has 1 fully saturated rings. The van der Waals surface area contributed by atoms with Crippen molar-refractivity contribution in [2.45, 2.75) is 51.7 Å². The van der Waals surface area contributed by atoms with Gasteiger partial charge < -0.3 is 9.84 Å². The molecule has 0 radical (unpaired) electrons. The normalized spacial score (nSPS) is 17.1. The third kappa shape index (κ3) is 3.30. The van der Waals surface area contributed by atoms with Crippen molar-refractivity contribution in [3.8, 4) is 0 Å². The molecule has 0 bridgehead atoms. The molecule has 4 heteroatoms. The minimum atomic E-state index is 0.748. The van der Waals surface area contributed by atoms with E-state index in [0.29, 0.717) is 0 Å². The Balaban J connectivity index is 1.92. The lowest BCUT2D eigenvalue weighted by Gasteiger charge is -2.25. The van der Waals surface area contributed by atoms with Crippen molar-refractivity contribution in [2.24, 2.45) is 0 Å². The van der Waals surface area contributed by atoms with Gasteiger partial charge in [-0.2, -0.15) is 0 Å². The molecule has 0 aliphatic heterocycles. The average molecular weight is 237 g/mol. The molecule has 17 heavy (non-hydrogen) atoms. The first-order valence-corrected chi connectivity index (χ1v) is 6.66. The second-order valence-corrected chi connectivity index (χ2v) is 4.82. The van der Waals surface area contributed by atoms with Gasteiger partial charge in [0, 0.05) is 18.7 Å². The molecule has 0 amide bonds. The fourth-order valence-electron chi connectivity index (χ4n) is 2.66. The largest absolute Gasteiger partial charge is 0.360 e. The van der Waals surface area contributed by atoms with Gasteiger partial charge in [-0.1, -0.05) is 24.9 Å². The molecule has 1 aliphatic rings. The summed E-state index contributed by atoms with van der Waals surface area (Å²) in [4.78, 5) is 2.51. The molecule has 1 aromatic heterocycles. The quantitative estimate of drug-likeness (QED) is 0.823. The standard InChI is InChI=1S/C13H23N3O/c1-3-16(12-6-4-5-7-12)10-13-8-11(9-14-2)15-17-13/h8,12,14H,3-7,9-10H2,1-2H3. The van der Waals surface area contributed by atoms with Gasteiger partial charge in [-0.3, -0.25) is 4.90 Å². The highest BCUT2D eigenvalue weighted by Gasteiger charge is 2.22. The zero-order chi connectivity index (χ0) is 12.1. The number of rotatable bonds is 6. The van der Waals surface area contributed by atoms with Crippen LogP contribution in [0.5, 0.6) is 0 Å². The summed E-state index contributed by atoms with van der Waals surface area (Å²) >= 11 is 0. The third-order valence-corrected chi connectivity index (χ3v) is 3.57. The lowest BCUT2D eigenvalue weighted by atomic mass is 10.2. The Hall–Kier alpha value is -0.870. The molecule has 0 atom stereocenters. The summed E-state index contributed by atoms with van der Waals surface area (Å²) in [5, 5.41) is 7.14. The molecule has 0 unspecified atom stereocenters. The minimum absolute atomic E-state index is 0.748. The molecule has 2 rings (SSSR count). The first-order chi connectivity index (χ1) is 8.33. The van der Waals surface area contributed by atoms with Crippen molar-refractivity contribution in [3.05, 3.63) is 17.5 Å². The number of hydrogen-bond acceptors (Lipinski definition) is 4. The van der Waals surface area contributed by atoms with Crippen molar-refractivity contribution >= 4 is 0 Å². The third-order valence-electron chi connectivity index (χ3n) is 3.57. The van der Waals surface area contributed by atoms with Crippen LogP contribution >= 0.6 is 0 Å². The second-order valence-electron chi connectivity index (χ2n) is 4.82. The summed E-state index contributed by atoms with van der Waals surface area (Å²) in [7, 11) is 1.92. The Morgan fingerprint density at radius 2 is 2.24 bits per heavy atom. The predicted octanol–water partition coefficient (Wildman–Crippen LogP) is 2.16. The second kappa shape index (κ2) is 6.17. The van der Waals surface area contributed by atoms with E-state index in [4.69, 9.17) is 4.52 Å². The van der Waals surface area contributed by atoms with Gasteiger partial charge in [0.15, 0.2) is 5.76 Å². The van der Waals surface area contributed by atoms with Gasteiger partial charge in [-0.05, 0) is 26.4 Å². The Labute approximate surface area is 103 Å². The topological polar surface area (TPSA) is 41.3 Å². The molecule has 0 spiro atoms. The Bertz CT molecular complexity index is 331. The van der Waals surface area contributed by atoms with Gasteiger partial charge in [-0.15, -0.1) is 0 Å². The highest BCUT2D eigenvalue weighted by atomic mass is 16.5. The van der Waals surface area contributed by atoms with Gasteiger partial charge in [0.25, 0.3) is 0 Å². The molecular formula is C13H23N3O. The SMILES string of the molecule is CCN(Cc1cc(CNC)no1)C1CCCC1. The average Bonchev–Trinajstić information content (AvgIpc) is 2.97. The zero-order valence-electron chi connectivity index (χ0n) is 10.9. The van der Waals surface area contributed by atoms with Crippen molar-refractivity contribution in [1.29, 1.82) is 0 Å². The summed E-state index contributed by atoms with van der Waals surface area (Å²) in [5.74, 6) is 0.990. The Morgan fingerprint density at radius 3 is 2.88 bits per heavy atom. The summed E-state index contributed by atoms with van der Waals surface area (Å²) in [6, 6.07) is 2.81. The highest BCUT2D eigenvalue weighted by molar-refractivity contribution is 5.05. The molecule has 4 nitrogen and oxygen atoms in total. The van der Waals surface area contributed by atoms with Crippen LogP contribution in [-0.4, -0.2) is 29.7 Å². The maximum Gasteiger partial charge on any atom is 0.151 e. The molecule has 1 aliphatic carbocycles. The van der Waals surface area contributed by atoms with Gasteiger partial charge in [0.1, 0.15) is 0 Å². The predicted molar refractivity (Wildman–Crippen MR) is 67.6 cm³/mol. The van der Waals surface area contributed by atoms with Crippen LogP contribution < -0.4 is 5.32 Å². The molecule has 1 heterocycles. The number of hydrogen-bond donors (Lipinski definition) is 1. The maximum absolute atomic E-state index is 5.38. The van der Waals surface area contributed by atoms with Gasteiger partial charge in [0.05, 0.1) is 12.2 Å². The molecule has 0 aromatic carbocycles. The lowest BCUT2D eigenvalue weighted by Crippen LogP contribution is -2.32. The number of nitrogens with one attached hydrogen (secondary N) is 1. The minimum Gasteiger partial charge on any atom is -0.360 e. The van der Waals surface area contributed by atoms with Crippen LogP contribution in [0.15, 0.2) is 10.6 Å². The summed E-state index contributed by atoms with van der Waals surface area (Å²) in [6.45, 7) is 4.99. The first-order valence-electron chi connectivity index (χ1n) is 6.66. The molecule has 1 saturated carbocycles. The van der Waals surface area contributed by atoms with E-state index in [9.17, 15) is 0 Å². The van der Waals surface area contributed by atoms with Gasteiger partial charge in [-0.25, -0.2) is 0 Å². The summed E-state index contributed by atoms with van der Waals surface area (Å²) in [6.07, 6.45) is 5.43. The van der Waals surface area contributed by atoms with Crippen LogP contribution in [0.1, 0.15) is 44.1 Å². The lowest BCUT2D eigenvalue weighted by molar-refractivity contribution is 0.178. The van der Waals surface area contributed by atoms with E-state index < -0.39 is 0 Å². The van der Waals surface area contributed by atoms with Crippen molar-refractivity contribution in [3.63, 3.8) is 0 Å². The van der Waals surface area contributed by atoms with E-state index in [1.807, 2.05) is 7.05 Å². The Morgan fingerprint density at radius 1 is 1.47 bits per heavy atom. The van der Waals surface area contributed by atoms with E-state index in [1.165, 1.54) is 25.7 Å². The van der Waals surface area contributed by atoms with E-state index in [1.54, 1.807) is 0 Å². The zero-order valence-corrected chi connectivity index (χ0v) is 10.9. The molecule has 0 saturated heterocycles. The fourth-order valence-corrected chi connectivity index (χ4v) is 2.66. The van der Waals surface area contributed by atoms with E-state index in [0.717, 1.165) is 37.1 Å². The molecular weight excluding hydrogens is 214 g/mol. The number of aromatic nitrogens is 1. The molecule has 1 aromatic rings. The van der Waals surface area contributed by atoms with Crippen molar-refractivity contribution in [1.82, 2.24) is 15.4 Å². The van der Waals surface area contributed by atoms with E-state index in [2.05, 4.69) is 28.4 Å². The monoisotopic (exact) mass is 237 g/mol. The van der Waals surface area contributed by atoms with Gasteiger partial charge >= 0.3 is 0 Å². The molecule has 96 valence electrons. The van der Waals surface area contributed by atoms with Crippen molar-refractivity contribution in [2.75, 3.05) is 13.6 Å². The summed E-state index contributed by atoms with van der Waals surface area (Å²) < 4.78 is 5.38. The fraction of sp³-hybridized carbons (Fsp3) is 0.769. The first kappa shape index (κ1) is 12.6. The van der Waals surface area contributed by atoms with Crippen LogP contribution in [0.2, 0.25) is 0 Å². The van der Waals surface area contributed by atoms with Gasteiger partial charge in [0.2, 0.25) is 0 Å². The van der Waals surface area contributed by atoms with Crippen LogP contribution in [0.25, 0.3) is 0 Å². The Kier molecular flexibility index (Phi) is 4.57. The van der Waals surface area contributed by atoms with Crippen molar-refractivity contribution < 1.29 is 4.52 Å². The van der Waals surface area contributed by atoms with Crippen LogP contribution in [0, 0.1) is 0 Å². The number of nitrogens with zero attached hydrogens (tertiary/aromatic N) is 2. The van der Waals surface area contributed by atoms with Crippen LogP contribution in [0.4, 0.5) is 0 Å². The molecule has 1 N–H and O–H groups in total. The summed E-state index contributed by atoms with van der Waals surface area (Å²) in [5.41, 5.74) is 0.991. The van der Waals surface area contributed by atoms with Crippen LogP contribution in [0.3, 0.4) is 0 Å².